The molecule has 0 aliphatic carbocycles. The second-order valence-corrected chi connectivity index (χ2v) is 6.78. The van der Waals surface area contributed by atoms with Crippen LogP contribution in [0.3, 0.4) is 0 Å². The highest BCUT2D eigenvalue weighted by Crippen LogP contribution is 2.28. The highest BCUT2D eigenvalue weighted by Gasteiger charge is 2.29. The second kappa shape index (κ2) is 6.24. The quantitative estimate of drug-likeness (QED) is 0.724. The minimum atomic E-state index is -4.37. The number of alkyl halides is 3. The molecule has 0 spiro atoms. The number of hydrogen-bond donors (Lipinski definition) is 0. The molecule has 0 heterocycles. The van der Waals surface area contributed by atoms with Gasteiger partial charge in [-0.15, -0.1) is 4.36 Å². The van der Waals surface area contributed by atoms with Crippen LogP contribution in [0.25, 0.3) is 0 Å². The fourth-order valence-corrected chi connectivity index (χ4v) is 2.63. The molecule has 0 amide bonds. The lowest BCUT2D eigenvalue weighted by Gasteiger charge is -2.05. The van der Waals surface area contributed by atoms with E-state index in [0.717, 1.165) is 12.1 Å². The van der Waals surface area contributed by atoms with E-state index in [0.29, 0.717) is 10.5 Å². The summed E-state index contributed by atoms with van der Waals surface area (Å²) in [7, 11) is -2.64. The van der Waals surface area contributed by atoms with Gasteiger partial charge in [-0.3, -0.25) is 0 Å². The molecule has 6 heteroatoms. The fraction of sp³-hybridized carbons (Fsp3) is 0.125. The standard InChI is InChI=1S/C16H12F3NOS/c1-22(21,15-5-3-2-4-6-15)20-12-11-13-7-9-14(10-8-13)16(17,18)19/h2-10H,1H3. The van der Waals surface area contributed by atoms with Crippen molar-refractivity contribution in [3.05, 3.63) is 65.7 Å². The van der Waals surface area contributed by atoms with Gasteiger partial charge in [0.25, 0.3) is 0 Å². The van der Waals surface area contributed by atoms with Crippen LogP contribution in [0.15, 0.2) is 63.9 Å². The van der Waals surface area contributed by atoms with Crippen molar-refractivity contribution in [2.75, 3.05) is 6.26 Å². The first-order valence-electron chi connectivity index (χ1n) is 6.23. The van der Waals surface area contributed by atoms with Gasteiger partial charge in [-0.05, 0) is 42.3 Å². The fourth-order valence-electron chi connectivity index (χ4n) is 1.64. The van der Waals surface area contributed by atoms with E-state index in [-0.39, 0.29) is 0 Å². The maximum atomic E-state index is 12.4. The van der Waals surface area contributed by atoms with Gasteiger partial charge in [0, 0.05) is 22.8 Å². The summed E-state index contributed by atoms with van der Waals surface area (Å²) >= 11 is 0. The van der Waals surface area contributed by atoms with E-state index in [1.807, 2.05) is 0 Å². The van der Waals surface area contributed by atoms with Crippen LogP contribution in [0.2, 0.25) is 0 Å². The first-order valence-corrected chi connectivity index (χ1v) is 8.16. The Kier molecular flexibility index (Phi) is 4.57. The summed E-state index contributed by atoms with van der Waals surface area (Å²) in [6.07, 6.45) is -2.91. The molecular formula is C16H12F3NOS. The van der Waals surface area contributed by atoms with Gasteiger partial charge in [-0.1, -0.05) is 18.2 Å². The summed E-state index contributed by atoms with van der Waals surface area (Å²) in [4.78, 5) is 0.553. The van der Waals surface area contributed by atoms with Gasteiger partial charge in [-0.25, -0.2) is 4.21 Å². The molecule has 0 bridgehead atoms. The zero-order chi connectivity index (χ0) is 16.2. The van der Waals surface area contributed by atoms with E-state index in [1.54, 1.807) is 30.3 Å². The SMILES string of the molecule is CS(=O)(=NC#Cc1ccc(C(F)(F)F)cc1)c1ccccc1. The van der Waals surface area contributed by atoms with Crippen LogP contribution in [-0.4, -0.2) is 10.5 Å². The van der Waals surface area contributed by atoms with Gasteiger partial charge < -0.3 is 0 Å². The van der Waals surface area contributed by atoms with Gasteiger partial charge in [0.2, 0.25) is 0 Å². The molecule has 114 valence electrons. The Bertz CT molecular complexity index is 822. The van der Waals surface area contributed by atoms with E-state index < -0.39 is 21.5 Å². The van der Waals surface area contributed by atoms with Crippen molar-refractivity contribution in [1.29, 1.82) is 0 Å². The summed E-state index contributed by atoms with van der Waals surface area (Å²) in [5.41, 5.74) is -0.362. The molecule has 0 saturated carbocycles. The molecule has 0 N–H and O–H groups in total. The molecule has 0 aliphatic heterocycles. The molecule has 22 heavy (non-hydrogen) atoms. The first-order chi connectivity index (χ1) is 10.3. The monoisotopic (exact) mass is 323 g/mol. The third-order valence-corrected chi connectivity index (χ3v) is 4.40. The van der Waals surface area contributed by atoms with Gasteiger partial charge in [-0.2, -0.15) is 13.2 Å². The molecule has 2 aromatic rings. The molecular weight excluding hydrogens is 311 g/mol. The summed E-state index contributed by atoms with van der Waals surface area (Å²) < 4.78 is 53.5. The number of hydrogen-bond acceptors (Lipinski definition) is 2. The molecule has 0 fully saturated rings. The van der Waals surface area contributed by atoms with Gasteiger partial charge in [0.05, 0.1) is 15.3 Å². The average Bonchev–Trinajstić information content (AvgIpc) is 2.48. The minimum absolute atomic E-state index is 0.375. The molecule has 0 radical (unpaired) electrons. The molecule has 2 aromatic carbocycles. The molecule has 2 rings (SSSR count). The van der Waals surface area contributed by atoms with Crippen molar-refractivity contribution in [3.8, 4) is 12.0 Å². The van der Waals surface area contributed by atoms with Crippen LogP contribution in [0.5, 0.6) is 0 Å². The van der Waals surface area contributed by atoms with Crippen molar-refractivity contribution in [3.63, 3.8) is 0 Å². The summed E-state index contributed by atoms with van der Waals surface area (Å²) in [5, 5.41) is 0. The molecule has 1 atom stereocenters. The lowest BCUT2D eigenvalue weighted by atomic mass is 10.1. The summed E-state index contributed by atoms with van der Waals surface area (Å²) in [5.74, 6) is 2.59. The third-order valence-electron chi connectivity index (χ3n) is 2.81. The Morgan fingerprint density at radius 2 is 1.59 bits per heavy atom. The summed E-state index contributed by atoms with van der Waals surface area (Å²) in [6.45, 7) is 0. The molecule has 2 nitrogen and oxygen atoms in total. The van der Waals surface area contributed by atoms with Crippen molar-refractivity contribution < 1.29 is 17.4 Å². The highest BCUT2D eigenvalue weighted by atomic mass is 32.2. The smallest absolute Gasteiger partial charge is 0.244 e. The van der Waals surface area contributed by atoms with Gasteiger partial charge >= 0.3 is 6.18 Å². The van der Waals surface area contributed by atoms with E-state index in [4.69, 9.17) is 0 Å². The third kappa shape index (κ3) is 4.12. The van der Waals surface area contributed by atoms with Crippen LogP contribution >= 0.6 is 0 Å². The van der Waals surface area contributed by atoms with Crippen molar-refractivity contribution >= 4 is 9.73 Å². The second-order valence-electron chi connectivity index (χ2n) is 4.52. The maximum Gasteiger partial charge on any atom is 0.416 e. The lowest BCUT2D eigenvalue weighted by molar-refractivity contribution is -0.137. The average molecular weight is 323 g/mol. The largest absolute Gasteiger partial charge is 0.416 e. The number of nitrogens with zero attached hydrogens (tertiary/aromatic N) is 1. The van der Waals surface area contributed by atoms with Crippen LogP contribution in [-0.2, 0) is 15.9 Å². The van der Waals surface area contributed by atoms with E-state index in [1.165, 1.54) is 18.4 Å². The van der Waals surface area contributed by atoms with Gasteiger partial charge in [0.15, 0.2) is 0 Å². The zero-order valence-electron chi connectivity index (χ0n) is 11.6. The normalized spacial score (nSPS) is 13.6. The first kappa shape index (κ1) is 16.1. The number of halogens is 3. The van der Waals surface area contributed by atoms with Crippen LogP contribution < -0.4 is 0 Å². The predicted molar refractivity (Wildman–Crippen MR) is 79.5 cm³/mol. The van der Waals surface area contributed by atoms with Crippen LogP contribution in [0, 0.1) is 12.0 Å². The Labute approximate surface area is 127 Å². The van der Waals surface area contributed by atoms with E-state index in [9.17, 15) is 17.4 Å². The molecule has 0 saturated heterocycles. The topological polar surface area (TPSA) is 29.4 Å². The molecule has 1 unspecified atom stereocenters. The lowest BCUT2D eigenvalue weighted by Crippen LogP contribution is -2.04. The Morgan fingerprint density at radius 1 is 1.00 bits per heavy atom. The zero-order valence-corrected chi connectivity index (χ0v) is 12.4. The highest BCUT2D eigenvalue weighted by molar-refractivity contribution is 7.93. The predicted octanol–water partition coefficient (Wildman–Crippen LogP) is 4.17. The Balaban J connectivity index is 2.24. The van der Waals surface area contributed by atoms with Crippen molar-refractivity contribution in [1.82, 2.24) is 0 Å². The van der Waals surface area contributed by atoms with Gasteiger partial charge in [0.1, 0.15) is 0 Å². The Morgan fingerprint density at radius 3 is 2.14 bits per heavy atom. The van der Waals surface area contributed by atoms with Crippen molar-refractivity contribution in [2.24, 2.45) is 4.36 Å². The number of benzene rings is 2. The van der Waals surface area contributed by atoms with Crippen LogP contribution in [0.4, 0.5) is 13.2 Å². The van der Waals surface area contributed by atoms with Crippen LogP contribution in [0.1, 0.15) is 11.1 Å². The Hall–Kier alpha value is -2.26. The maximum absolute atomic E-state index is 12.4. The molecule has 0 aliphatic rings. The minimum Gasteiger partial charge on any atom is -0.244 e. The summed E-state index contributed by atoms with van der Waals surface area (Å²) in [6, 6.07) is 15.5. The van der Waals surface area contributed by atoms with E-state index in [2.05, 4.69) is 16.3 Å². The van der Waals surface area contributed by atoms with E-state index >= 15 is 0 Å². The molecule has 0 aromatic heterocycles. The van der Waals surface area contributed by atoms with Crippen molar-refractivity contribution in [2.45, 2.75) is 11.1 Å². The number of rotatable bonds is 1.